The number of pyridine rings is 2. The second-order valence-corrected chi connectivity index (χ2v) is 4.79. The molecule has 8 heteroatoms. The quantitative estimate of drug-likeness (QED) is 0.568. The Morgan fingerprint density at radius 3 is 2.74 bits per heavy atom. The van der Waals surface area contributed by atoms with Crippen molar-refractivity contribution in [3.63, 3.8) is 0 Å². The summed E-state index contributed by atoms with van der Waals surface area (Å²) in [6.45, 7) is 0.402. The lowest BCUT2D eigenvalue weighted by molar-refractivity contribution is 0.506. The lowest BCUT2D eigenvalue weighted by atomic mass is 10.3. The number of hydrogen-bond donors (Lipinski definition) is 0. The van der Waals surface area contributed by atoms with Crippen molar-refractivity contribution < 1.29 is 0 Å². The second kappa shape index (κ2) is 5.76. The minimum absolute atomic E-state index is 0.402. The van der Waals surface area contributed by atoms with Gasteiger partial charge < -0.3 is 0 Å². The van der Waals surface area contributed by atoms with E-state index in [0.717, 1.165) is 11.3 Å². The molecule has 0 aliphatic heterocycles. The van der Waals surface area contributed by atoms with Gasteiger partial charge in [0.25, 0.3) is 0 Å². The van der Waals surface area contributed by atoms with Crippen LogP contribution in [0.4, 0.5) is 0 Å². The van der Waals surface area contributed by atoms with Crippen LogP contribution in [0.5, 0.6) is 0 Å². The van der Waals surface area contributed by atoms with Crippen LogP contribution < -0.4 is 0 Å². The first kappa shape index (κ1) is 13.3. The molecular weight excluding hydrogens is 292 g/mol. The van der Waals surface area contributed by atoms with Gasteiger partial charge in [-0.25, -0.2) is 19.3 Å². The topological polar surface area (TPSA) is 87.2 Å². The zero-order valence-corrected chi connectivity index (χ0v) is 12.1. The SMILES string of the molecule is c1ccc(-c2nc(-c3cccnc3)nn2Cn2cncn2)nc1. The van der Waals surface area contributed by atoms with E-state index in [0.29, 0.717) is 18.3 Å². The van der Waals surface area contributed by atoms with Gasteiger partial charge in [-0.3, -0.25) is 9.97 Å². The van der Waals surface area contributed by atoms with Gasteiger partial charge in [-0.2, -0.15) is 5.10 Å². The van der Waals surface area contributed by atoms with Crippen molar-refractivity contribution in [2.45, 2.75) is 6.67 Å². The van der Waals surface area contributed by atoms with Crippen LogP contribution in [-0.4, -0.2) is 39.5 Å². The molecule has 0 saturated carbocycles. The van der Waals surface area contributed by atoms with Crippen molar-refractivity contribution in [2.75, 3.05) is 0 Å². The van der Waals surface area contributed by atoms with Crippen LogP contribution in [0.3, 0.4) is 0 Å². The van der Waals surface area contributed by atoms with Crippen LogP contribution in [0.2, 0.25) is 0 Å². The summed E-state index contributed by atoms with van der Waals surface area (Å²) in [6.07, 6.45) is 8.30. The van der Waals surface area contributed by atoms with Gasteiger partial charge >= 0.3 is 0 Å². The molecule has 112 valence electrons. The fourth-order valence-corrected chi connectivity index (χ4v) is 2.19. The van der Waals surface area contributed by atoms with E-state index in [-0.39, 0.29) is 0 Å². The van der Waals surface area contributed by atoms with Crippen LogP contribution in [-0.2, 0) is 6.67 Å². The van der Waals surface area contributed by atoms with E-state index in [9.17, 15) is 0 Å². The highest BCUT2D eigenvalue weighted by Crippen LogP contribution is 2.20. The summed E-state index contributed by atoms with van der Waals surface area (Å²) in [6, 6.07) is 9.46. The van der Waals surface area contributed by atoms with Crippen molar-refractivity contribution in [1.82, 2.24) is 39.5 Å². The minimum Gasteiger partial charge on any atom is -0.264 e. The Bertz CT molecular complexity index is 884. The van der Waals surface area contributed by atoms with Gasteiger partial charge in [0, 0.05) is 24.2 Å². The summed E-state index contributed by atoms with van der Waals surface area (Å²) < 4.78 is 3.42. The largest absolute Gasteiger partial charge is 0.264 e. The Morgan fingerprint density at radius 2 is 2.00 bits per heavy atom. The van der Waals surface area contributed by atoms with E-state index in [1.807, 2.05) is 30.3 Å². The summed E-state index contributed by atoms with van der Waals surface area (Å²) in [5, 5.41) is 8.68. The van der Waals surface area contributed by atoms with Crippen molar-refractivity contribution >= 4 is 0 Å². The van der Waals surface area contributed by atoms with Crippen molar-refractivity contribution in [1.29, 1.82) is 0 Å². The van der Waals surface area contributed by atoms with Crippen LogP contribution in [0, 0.1) is 0 Å². The molecule has 0 N–H and O–H groups in total. The summed E-state index contributed by atoms with van der Waals surface area (Å²) in [7, 11) is 0. The fourth-order valence-electron chi connectivity index (χ4n) is 2.19. The molecule has 4 aromatic heterocycles. The highest BCUT2D eigenvalue weighted by atomic mass is 15.5. The average molecular weight is 304 g/mol. The van der Waals surface area contributed by atoms with E-state index in [1.165, 1.54) is 6.33 Å². The van der Waals surface area contributed by atoms with Gasteiger partial charge in [0.05, 0.1) is 0 Å². The molecule has 4 rings (SSSR count). The van der Waals surface area contributed by atoms with Crippen molar-refractivity contribution in [3.05, 3.63) is 61.6 Å². The number of hydrogen-bond acceptors (Lipinski definition) is 6. The van der Waals surface area contributed by atoms with Crippen LogP contribution in [0.15, 0.2) is 61.6 Å². The van der Waals surface area contributed by atoms with Gasteiger partial charge in [-0.05, 0) is 24.3 Å². The number of aromatic nitrogens is 8. The third kappa shape index (κ3) is 2.69. The zero-order chi connectivity index (χ0) is 15.5. The van der Waals surface area contributed by atoms with Gasteiger partial charge in [0.1, 0.15) is 25.0 Å². The van der Waals surface area contributed by atoms with Crippen LogP contribution in [0.1, 0.15) is 0 Å². The predicted octanol–water partition coefficient (Wildman–Crippen LogP) is 1.50. The summed E-state index contributed by atoms with van der Waals surface area (Å²) >= 11 is 0. The molecule has 0 radical (unpaired) electrons. The van der Waals surface area contributed by atoms with Crippen LogP contribution in [0.25, 0.3) is 22.9 Å². The molecule has 0 bridgehead atoms. The van der Waals surface area contributed by atoms with Gasteiger partial charge in [0.15, 0.2) is 11.6 Å². The van der Waals surface area contributed by atoms with E-state index in [2.05, 4.69) is 30.1 Å². The maximum absolute atomic E-state index is 4.62. The molecule has 4 heterocycles. The van der Waals surface area contributed by atoms with Gasteiger partial charge in [0.2, 0.25) is 0 Å². The molecule has 0 aliphatic rings. The number of nitrogens with zero attached hydrogens (tertiary/aromatic N) is 8. The lowest BCUT2D eigenvalue weighted by Gasteiger charge is -2.04. The molecule has 0 aromatic carbocycles. The first-order chi connectivity index (χ1) is 11.4. The van der Waals surface area contributed by atoms with Gasteiger partial charge in [-0.15, -0.1) is 5.10 Å². The molecule has 0 saturated heterocycles. The van der Waals surface area contributed by atoms with E-state index >= 15 is 0 Å². The minimum atomic E-state index is 0.402. The third-order valence-electron chi connectivity index (χ3n) is 3.23. The maximum atomic E-state index is 4.62. The first-order valence-corrected chi connectivity index (χ1v) is 6.99. The lowest BCUT2D eigenvalue weighted by Crippen LogP contribution is -2.11. The Morgan fingerprint density at radius 1 is 1.00 bits per heavy atom. The van der Waals surface area contributed by atoms with E-state index in [4.69, 9.17) is 0 Å². The van der Waals surface area contributed by atoms with E-state index < -0.39 is 0 Å². The molecule has 0 fully saturated rings. The van der Waals surface area contributed by atoms with Crippen molar-refractivity contribution in [3.8, 4) is 22.9 Å². The first-order valence-electron chi connectivity index (χ1n) is 6.99. The summed E-state index contributed by atoms with van der Waals surface area (Å²) in [4.78, 5) is 17.0. The fraction of sp³-hybridized carbons (Fsp3) is 0.0667. The normalized spacial score (nSPS) is 10.8. The van der Waals surface area contributed by atoms with Crippen molar-refractivity contribution in [2.24, 2.45) is 0 Å². The molecule has 0 unspecified atom stereocenters. The van der Waals surface area contributed by atoms with E-state index in [1.54, 1.807) is 34.3 Å². The maximum Gasteiger partial charge on any atom is 0.183 e. The predicted molar refractivity (Wildman–Crippen MR) is 81.9 cm³/mol. The molecular formula is C15H12N8. The molecule has 0 aliphatic carbocycles. The molecule has 23 heavy (non-hydrogen) atoms. The highest BCUT2D eigenvalue weighted by molar-refractivity contribution is 5.58. The zero-order valence-electron chi connectivity index (χ0n) is 12.1. The third-order valence-corrected chi connectivity index (χ3v) is 3.23. The monoisotopic (exact) mass is 304 g/mol. The molecule has 8 nitrogen and oxygen atoms in total. The Labute approximate surface area is 131 Å². The van der Waals surface area contributed by atoms with Crippen LogP contribution >= 0.6 is 0 Å². The van der Waals surface area contributed by atoms with Gasteiger partial charge in [-0.1, -0.05) is 6.07 Å². The standard InChI is InChI=1S/C15H12N8/c1-2-7-18-13(5-1)15-20-14(12-4-3-6-16-8-12)21-23(15)11-22-10-17-9-19-22/h1-10H,11H2. The molecule has 4 aromatic rings. The summed E-state index contributed by atoms with van der Waals surface area (Å²) in [5.74, 6) is 1.26. The Hall–Kier alpha value is -3.42. The molecule has 0 spiro atoms. The number of rotatable bonds is 4. The molecule has 0 atom stereocenters. The Balaban J connectivity index is 1.80. The highest BCUT2D eigenvalue weighted by Gasteiger charge is 2.14. The smallest absolute Gasteiger partial charge is 0.183 e. The average Bonchev–Trinajstić information content (AvgIpc) is 3.27. The summed E-state index contributed by atoms with van der Waals surface area (Å²) in [5.41, 5.74) is 1.59. The second-order valence-electron chi connectivity index (χ2n) is 4.79. The molecule has 0 amide bonds. The Kier molecular flexibility index (Phi) is 3.32.